The topological polar surface area (TPSA) is 105 Å². The summed E-state index contributed by atoms with van der Waals surface area (Å²) in [6.07, 6.45) is 4.47. The molecule has 1 aliphatic carbocycles. The molecule has 0 bridgehead atoms. The first-order chi connectivity index (χ1) is 16.3. The maximum Gasteiger partial charge on any atom is 0.294 e. The number of ether oxygens (including phenoxy) is 1. The predicted molar refractivity (Wildman–Crippen MR) is 135 cm³/mol. The van der Waals surface area contributed by atoms with E-state index < -0.39 is 15.3 Å². The van der Waals surface area contributed by atoms with E-state index in [0.717, 1.165) is 55.2 Å². The summed E-state index contributed by atoms with van der Waals surface area (Å²) in [5.74, 6) is 0.0467. The van der Waals surface area contributed by atoms with Crippen molar-refractivity contribution >= 4 is 67.4 Å². The van der Waals surface area contributed by atoms with Gasteiger partial charge in [-0.1, -0.05) is 42.6 Å². The van der Waals surface area contributed by atoms with Gasteiger partial charge in [0.1, 0.15) is 15.2 Å². The Hall–Kier alpha value is -2.08. The van der Waals surface area contributed by atoms with Crippen LogP contribution in [-0.4, -0.2) is 48.7 Å². The second kappa shape index (κ2) is 10.7. The third kappa shape index (κ3) is 5.76. The first-order valence-electron chi connectivity index (χ1n) is 10.8. The molecule has 1 aromatic carbocycles. The van der Waals surface area contributed by atoms with Gasteiger partial charge in [0.05, 0.1) is 11.4 Å². The standard InChI is InChI=1S/C22H24ClN3O5S3/c1-31-16-9-7-14(8-10-16)24-19(27)13-17-21(28)26(15-5-3-2-4-6-15)22(32-17)25-34(29,30)20-12-11-18(23)33-20/h7-12,15,17H,2-6,13H2,1H3,(H,24,27)/t17-/m1/s1. The molecular formula is C22H24ClN3O5S3. The summed E-state index contributed by atoms with van der Waals surface area (Å²) in [4.78, 5) is 27.5. The molecule has 0 radical (unpaired) electrons. The number of anilines is 1. The summed E-state index contributed by atoms with van der Waals surface area (Å²) in [6, 6.07) is 9.64. The highest BCUT2D eigenvalue weighted by Gasteiger charge is 2.43. The van der Waals surface area contributed by atoms with E-state index in [1.54, 1.807) is 31.4 Å². The fraction of sp³-hybridized carbons (Fsp3) is 0.409. The third-order valence-corrected chi connectivity index (χ3v) is 9.88. The van der Waals surface area contributed by atoms with Gasteiger partial charge in [-0.2, -0.15) is 8.42 Å². The molecule has 2 fully saturated rings. The number of carbonyl (C=O) groups is 2. The Bertz CT molecular complexity index is 1190. The first-order valence-corrected chi connectivity index (χ1v) is 14.3. The number of carbonyl (C=O) groups excluding carboxylic acids is 2. The number of amides is 2. The van der Waals surface area contributed by atoms with Crippen LogP contribution in [0.15, 0.2) is 45.0 Å². The molecule has 12 heteroatoms. The number of halogens is 1. The fourth-order valence-electron chi connectivity index (χ4n) is 3.99. The number of amidine groups is 1. The van der Waals surface area contributed by atoms with Gasteiger partial charge in [0.2, 0.25) is 11.8 Å². The molecule has 0 unspecified atom stereocenters. The number of hydrogen-bond donors (Lipinski definition) is 1. The van der Waals surface area contributed by atoms with Crippen molar-refractivity contribution in [1.29, 1.82) is 0 Å². The second-order valence-electron chi connectivity index (χ2n) is 7.99. The molecule has 1 aromatic heterocycles. The first kappa shape index (κ1) is 25.0. The molecule has 2 aromatic rings. The highest BCUT2D eigenvalue weighted by molar-refractivity contribution is 8.16. The maximum absolute atomic E-state index is 13.3. The van der Waals surface area contributed by atoms with Gasteiger partial charge in [-0.15, -0.1) is 15.7 Å². The van der Waals surface area contributed by atoms with Crippen molar-refractivity contribution in [3.05, 3.63) is 40.7 Å². The van der Waals surface area contributed by atoms with Crippen LogP contribution in [0.2, 0.25) is 4.34 Å². The van der Waals surface area contributed by atoms with Gasteiger partial charge in [0.25, 0.3) is 10.0 Å². The van der Waals surface area contributed by atoms with Crippen molar-refractivity contribution in [2.24, 2.45) is 4.40 Å². The molecule has 1 saturated heterocycles. The SMILES string of the molecule is COc1ccc(NC(=O)C[C@H]2SC(=NS(=O)(=O)c3ccc(Cl)s3)N(C3CCCCC3)C2=O)cc1. The molecule has 34 heavy (non-hydrogen) atoms. The number of nitrogens with one attached hydrogen (secondary N) is 1. The smallest absolute Gasteiger partial charge is 0.294 e. The van der Waals surface area contributed by atoms with E-state index in [0.29, 0.717) is 15.8 Å². The number of benzene rings is 1. The van der Waals surface area contributed by atoms with E-state index in [4.69, 9.17) is 16.3 Å². The molecule has 1 N–H and O–H groups in total. The number of sulfonamides is 1. The number of hydrogen-bond acceptors (Lipinski definition) is 7. The molecule has 2 heterocycles. The number of thiophene rings is 1. The zero-order chi connectivity index (χ0) is 24.3. The van der Waals surface area contributed by atoms with E-state index in [-0.39, 0.29) is 33.7 Å². The Kier molecular flexibility index (Phi) is 7.86. The van der Waals surface area contributed by atoms with Crippen LogP contribution in [0, 0.1) is 0 Å². The summed E-state index contributed by atoms with van der Waals surface area (Å²) in [5, 5.41) is 2.16. The minimum absolute atomic E-state index is 0.0161. The molecular weight excluding hydrogens is 518 g/mol. The molecule has 2 amide bonds. The van der Waals surface area contributed by atoms with Crippen molar-refractivity contribution in [1.82, 2.24) is 4.90 Å². The number of methoxy groups -OCH3 is 1. The molecule has 8 nitrogen and oxygen atoms in total. The highest BCUT2D eigenvalue weighted by Crippen LogP contribution is 2.37. The summed E-state index contributed by atoms with van der Waals surface area (Å²) in [5.41, 5.74) is 0.580. The van der Waals surface area contributed by atoms with Crippen LogP contribution in [0.4, 0.5) is 5.69 Å². The fourth-order valence-corrected chi connectivity index (χ4v) is 7.86. The predicted octanol–water partition coefficient (Wildman–Crippen LogP) is 4.76. The van der Waals surface area contributed by atoms with E-state index >= 15 is 0 Å². The van der Waals surface area contributed by atoms with Crippen LogP contribution >= 0.6 is 34.7 Å². The van der Waals surface area contributed by atoms with Crippen LogP contribution in [0.5, 0.6) is 5.75 Å². The van der Waals surface area contributed by atoms with Gasteiger partial charge in [0.15, 0.2) is 5.17 Å². The Morgan fingerprint density at radius 2 is 1.88 bits per heavy atom. The van der Waals surface area contributed by atoms with Crippen LogP contribution < -0.4 is 10.1 Å². The molecule has 2 aliphatic rings. The zero-order valence-electron chi connectivity index (χ0n) is 18.4. The van der Waals surface area contributed by atoms with Crippen LogP contribution in [-0.2, 0) is 19.6 Å². The average molecular weight is 542 g/mol. The van der Waals surface area contributed by atoms with Gasteiger partial charge < -0.3 is 10.1 Å². The number of nitrogens with zero attached hydrogens (tertiary/aromatic N) is 2. The lowest BCUT2D eigenvalue weighted by molar-refractivity contribution is -0.130. The lowest BCUT2D eigenvalue weighted by Gasteiger charge is -2.30. The van der Waals surface area contributed by atoms with Crippen molar-refractivity contribution in [3.63, 3.8) is 0 Å². The Labute approximate surface area is 211 Å². The molecule has 1 aliphatic heterocycles. The monoisotopic (exact) mass is 541 g/mol. The van der Waals surface area contributed by atoms with Crippen LogP contribution in [0.3, 0.4) is 0 Å². The van der Waals surface area contributed by atoms with Gasteiger partial charge in [0, 0.05) is 18.2 Å². The normalized spacial score (nSPS) is 20.6. The highest BCUT2D eigenvalue weighted by atomic mass is 35.5. The largest absolute Gasteiger partial charge is 0.497 e. The lowest BCUT2D eigenvalue weighted by atomic mass is 9.94. The quantitative estimate of drug-likeness (QED) is 0.542. The van der Waals surface area contributed by atoms with Gasteiger partial charge in [-0.05, 0) is 49.2 Å². The van der Waals surface area contributed by atoms with E-state index in [1.165, 1.54) is 17.0 Å². The molecule has 0 spiro atoms. The minimum atomic E-state index is -4.03. The molecule has 1 saturated carbocycles. The van der Waals surface area contributed by atoms with Crippen LogP contribution in [0.25, 0.3) is 0 Å². The average Bonchev–Trinajstić information content (AvgIpc) is 3.38. The van der Waals surface area contributed by atoms with Gasteiger partial charge in [-0.25, -0.2) is 0 Å². The second-order valence-corrected chi connectivity index (χ2v) is 12.7. The van der Waals surface area contributed by atoms with Crippen molar-refractivity contribution < 1.29 is 22.7 Å². The van der Waals surface area contributed by atoms with Crippen molar-refractivity contribution in [2.45, 2.75) is 54.0 Å². The number of rotatable bonds is 7. The van der Waals surface area contributed by atoms with E-state index in [9.17, 15) is 18.0 Å². The van der Waals surface area contributed by atoms with Crippen molar-refractivity contribution in [3.8, 4) is 5.75 Å². The van der Waals surface area contributed by atoms with Crippen molar-refractivity contribution in [2.75, 3.05) is 12.4 Å². The molecule has 1 atom stereocenters. The summed E-state index contributed by atoms with van der Waals surface area (Å²) in [7, 11) is -2.47. The van der Waals surface area contributed by atoms with Crippen LogP contribution in [0.1, 0.15) is 38.5 Å². The minimum Gasteiger partial charge on any atom is -0.497 e. The van der Waals surface area contributed by atoms with E-state index in [1.807, 2.05) is 0 Å². The molecule has 182 valence electrons. The number of thioether (sulfide) groups is 1. The zero-order valence-corrected chi connectivity index (χ0v) is 21.6. The van der Waals surface area contributed by atoms with Gasteiger partial charge >= 0.3 is 0 Å². The Balaban J connectivity index is 1.54. The van der Waals surface area contributed by atoms with E-state index in [2.05, 4.69) is 9.71 Å². The summed E-state index contributed by atoms with van der Waals surface area (Å²) < 4.78 is 35.3. The summed E-state index contributed by atoms with van der Waals surface area (Å²) >= 11 is 7.85. The lowest BCUT2D eigenvalue weighted by Crippen LogP contribution is -2.42. The Morgan fingerprint density at radius 3 is 2.50 bits per heavy atom. The van der Waals surface area contributed by atoms with Gasteiger partial charge in [-0.3, -0.25) is 14.5 Å². The maximum atomic E-state index is 13.3. The molecule has 4 rings (SSSR count). The summed E-state index contributed by atoms with van der Waals surface area (Å²) in [6.45, 7) is 0. The Morgan fingerprint density at radius 1 is 1.18 bits per heavy atom. The third-order valence-electron chi connectivity index (χ3n) is 5.65.